The molecule has 0 aliphatic heterocycles. The first-order valence-electron chi connectivity index (χ1n) is 4.34. The highest BCUT2D eigenvalue weighted by atomic mass is 35.5. The molecule has 0 aliphatic carbocycles. The van der Waals surface area contributed by atoms with Crippen molar-refractivity contribution in [1.82, 2.24) is 0 Å². The molecule has 2 N–H and O–H groups in total. The summed E-state index contributed by atoms with van der Waals surface area (Å²) in [5, 5.41) is 0.579. The number of methoxy groups -OCH3 is 1. The van der Waals surface area contributed by atoms with Crippen LogP contribution in [-0.2, 0) is 0 Å². The maximum absolute atomic E-state index is 5.96. The SMILES string of the molecule is COc1ccc(C(N)CCCl)cc1Cl. The molecule has 1 aromatic rings. The van der Waals surface area contributed by atoms with E-state index in [1.165, 1.54) is 0 Å². The molecule has 0 heterocycles. The zero-order valence-corrected chi connectivity index (χ0v) is 9.48. The molecule has 1 aromatic carbocycles. The Bertz CT molecular complexity index is 304. The average molecular weight is 234 g/mol. The van der Waals surface area contributed by atoms with Crippen LogP contribution in [0.1, 0.15) is 18.0 Å². The molecular weight excluding hydrogens is 221 g/mol. The number of ether oxygens (including phenoxy) is 1. The van der Waals surface area contributed by atoms with Crippen molar-refractivity contribution in [3.8, 4) is 5.75 Å². The maximum Gasteiger partial charge on any atom is 0.137 e. The summed E-state index contributed by atoms with van der Waals surface area (Å²) in [5.41, 5.74) is 6.86. The van der Waals surface area contributed by atoms with Gasteiger partial charge in [0, 0.05) is 11.9 Å². The quantitative estimate of drug-likeness (QED) is 0.813. The molecule has 1 rings (SSSR count). The van der Waals surface area contributed by atoms with Crippen molar-refractivity contribution in [2.24, 2.45) is 5.73 Å². The van der Waals surface area contributed by atoms with E-state index < -0.39 is 0 Å². The fraction of sp³-hybridized carbons (Fsp3) is 0.400. The van der Waals surface area contributed by atoms with Gasteiger partial charge in [0.15, 0.2) is 0 Å². The molecule has 0 fully saturated rings. The van der Waals surface area contributed by atoms with Gasteiger partial charge in [-0.1, -0.05) is 17.7 Å². The van der Waals surface area contributed by atoms with Gasteiger partial charge in [-0.05, 0) is 24.1 Å². The zero-order valence-electron chi connectivity index (χ0n) is 7.97. The molecule has 0 radical (unpaired) electrons. The Morgan fingerprint density at radius 3 is 2.71 bits per heavy atom. The molecule has 0 saturated heterocycles. The Morgan fingerprint density at radius 1 is 1.50 bits per heavy atom. The number of alkyl halides is 1. The first-order chi connectivity index (χ1) is 6.69. The van der Waals surface area contributed by atoms with Crippen LogP contribution in [0.3, 0.4) is 0 Å². The highest BCUT2D eigenvalue weighted by Crippen LogP contribution is 2.27. The normalized spacial score (nSPS) is 12.6. The summed E-state index contributed by atoms with van der Waals surface area (Å²) in [7, 11) is 1.58. The van der Waals surface area contributed by atoms with Crippen molar-refractivity contribution in [2.75, 3.05) is 13.0 Å². The van der Waals surface area contributed by atoms with Crippen LogP contribution >= 0.6 is 23.2 Å². The minimum atomic E-state index is -0.0593. The second-order valence-electron chi connectivity index (χ2n) is 2.98. The van der Waals surface area contributed by atoms with E-state index in [4.69, 9.17) is 33.7 Å². The smallest absolute Gasteiger partial charge is 0.137 e. The lowest BCUT2D eigenvalue weighted by atomic mass is 10.1. The van der Waals surface area contributed by atoms with Gasteiger partial charge in [-0.15, -0.1) is 11.6 Å². The van der Waals surface area contributed by atoms with Crippen LogP contribution < -0.4 is 10.5 Å². The Morgan fingerprint density at radius 2 is 2.21 bits per heavy atom. The molecule has 0 aliphatic rings. The summed E-state index contributed by atoms with van der Waals surface area (Å²) < 4.78 is 5.04. The highest BCUT2D eigenvalue weighted by molar-refractivity contribution is 6.32. The predicted molar refractivity (Wildman–Crippen MR) is 60.3 cm³/mol. The summed E-state index contributed by atoms with van der Waals surface area (Å²) in [5.74, 6) is 1.21. The Hall–Kier alpha value is -0.440. The van der Waals surface area contributed by atoms with Gasteiger partial charge in [-0.2, -0.15) is 0 Å². The van der Waals surface area contributed by atoms with Crippen molar-refractivity contribution in [3.05, 3.63) is 28.8 Å². The van der Waals surface area contributed by atoms with Crippen LogP contribution in [0, 0.1) is 0 Å². The largest absolute Gasteiger partial charge is 0.495 e. The third-order valence-corrected chi connectivity index (χ3v) is 2.54. The fourth-order valence-corrected chi connectivity index (χ4v) is 1.70. The zero-order chi connectivity index (χ0) is 10.6. The van der Waals surface area contributed by atoms with E-state index in [1.54, 1.807) is 7.11 Å². The predicted octanol–water partition coefficient (Wildman–Crippen LogP) is 2.98. The topological polar surface area (TPSA) is 35.2 Å². The van der Waals surface area contributed by atoms with E-state index in [0.29, 0.717) is 16.7 Å². The molecule has 0 saturated carbocycles. The lowest BCUT2D eigenvalue weighted by Crippen LogP contribution is -2.10. The molecule has 0 spiro atoms. The van der Waals surface area contributed by atoms with Crippen molar-refractivity contribution in [1.29, 1.82) is 0 Å². The van der Waals surface area contributed by atoms with Gasteiger partial charge < -0.3 is 10.5 Å². The minimum Gasteiger partial charge on any atom is -0.495 e. The molecule has 4 heteroatoms. The first kappa shape index (κ1) is 11.6. The minimum absolute atomic E-state index is 0.0593. The van der Waals surface area contributed by atoms with Gasteiger partial charge >= 0.3 is 0 Å². The molecular formula is C10H13Cl2NO. The van der Waals surface area contributed by atoms with Crippen molar-refractivity contribution < 1.29 is 4.74 Å². The number of hydrogen-bond acceptors (Lipinski definition) is 2. The second-order valence-corrected chi connectivity index (χ2v) is 3.76. The Labute approximate surface area is 94.0 Å². The number of halogens is 2. The molecule has 0 aromatic heterocycles. The number of benzene rings is 1. The molecule has 0 amide bonds. The van der Waals surface area contributed by atoms with E-state index in [9.17, 15) is 0 Å². The van der Waals surface area contributed by atoms with E-state index in [-0.39, 0.29) is 6.04 Å². The van der Waals surface area contributed by atoms with E-state index in [2.05, 4.69) is 0 Å². The Kier molecular flexibility index (Phi) is 4.52. The van der Waals surface area contributed by atoms with Crippen molar-refractivity contribution in [3.63, 3.8) is 0 Å². The Balaban J connectivity index is 2.85. The molecule has 78 valence electrons. The number of rotatable bonds is 4. The standard InChI is InChI=1S/C10H13Cl2NO/c1-14-10-3-2-7(6-8(10)12)9(13)4-5-11/h2-3,6,9H,4-5,13H2,1H3. The summed E-state index contributed by atoms with van der Waals surface area (Å²) in [6, 6.07) is 5.47. The fourth-order valence-electron chi connectivity index (χ4n) is 1.20. The molecule has 14 heavy (non-hydrogen) atoms. The molecule has 0 bridgehead atoms. The highest BCUT2D eigenvalue weighted by Gasteiger charge is 2.08. The van der Waals surface area contributed by atoms with Crippen molar-refractivity contribution >= 4 is 23.2 Å². The van der Waals surface area contributed by atoms with Gasteiger partial charge in [0.1, 0.15) is 5.75 Å². The van der Waals surface area contributed by atoms with E-state index in [0.717, 1.165) is 12.0 Å². The van der Waals surface area contributed by atoms with Gasteiger partial charge in [-0.3, -0.25) is 0 Å². The van der Waals surface area contributed by atoms with Gasteiger partial charge in [0.25, 0.3) is 0 Å². The van der Waals surface area contributed by atoms with E-state index >= 15 is 0 Å². The summed E-state index contributed by atoms with van der Waals surface area (Å²) in [6.45, 7) is 0. The maximum atomic E-state index is 5.96. The van der Waals surface area contributed by atoms with Crippen LogP contribution in [0.5, 0.6) is 5.75 Å². The summed E-state index contributed by atoms with van der Waals surface area (Å²) in [6.07, 6.45) is 0.740. The lowest BCUT2D eigenvalue weighted by Gasteiger charge is -2.11. The van der Waals surface area contributed by atoms with Crippen LogP contribution in [0.2, 0.25) is 5.02 Å². The monoisotopic (exact) mass is 233 g/mol. The molecule has 2 nitrogen and oxygen atoms in total. The van der Waals surface area contributed by atoms with Gasteiger partial charge in [0.05, 0.1) is 12.1 Å². The van der Waals surface area contributed by atoms with Crippen LogP contribution in [0.25, 0.3) is 0 Å². The summed E-state index contributed by atoms with van der Waals surface area (Å²) >= 11 is 11.6. The first-order valence-corrected chi connectivity index (χ1v) is 5.25. The summed E-state index contributed by atoms with van der Waals surface area (Å²) in [4.78, 5) is 0. The average Bonchev–Trinajstić information content (AvgIpc) is 2.18. The van der Waals surface area contributed by atoms with Crippen molar-refractivity contribution in [2.45, 2.75) is 12.5 Å². The van der Waals surface area contributed by atoms with Crippen LogP contribution in [0.4, 0.5) is 0 Å². The number of nitrogens with two attached hydrogens (primary N) is 1. The van der Waals surface area contributed by atoms with Gasteiger partial charge in [-0.25, -0.2) is 0 Å². The third-order valence-electron chi connectivity index (χ3n) is 2.02. The van der Waals surface area contributed by atoms with Crippen LogP contribution in [0.15, 0.2) is 18.2 Å². The third kappa shape index (κ3) is 2.77. The second kappa shape index (κ2) is 5.44. The van der Waals surface area contributed by atoms with Crippen LogP contribution in [-0.4, -0.2) is 13.0 Å². The molecule has 1 atom stereocenters. The number of hydrogen-bond donors (Lipinski definition) is 1. The molecule has 1 unspecified atom stereocenters. The van der Waals surface area contributed by atoms with E-state index in [1.807, 2.05) is 18.2 Å². The lowest BCUT2D eigenvalue weighted by molar-refractivity contribution is 0.414. The van der Waals surface area contributed by atoms with Gasteiger partial charge in [0.2, 0.25) is 0 Å².